The third kappa shape index (κ3) is 5.06. The van der Waals surface area contributed by atoms with Crippen molar-refractivity contribution in [1.82, 2.24) is 0 Å². The topological polar surface area (TPSA) is 70.2 Å². The van der Waals surface area contributed by atoms with Crippen LogP contribution in [0.15, 0.2) is 40.9 Å². The summed E-state index contributed by atoms with van der Waals surface area (Å²) >= 11 is 3.40. The monoisotopic (exact) mass is 393 g/mol. The van der Waals surface area contributed by atoms with Crippen LogP contribution in [0, 0.1) is 12.7 Å². The molecule has 0 fully saturated rings. The minimum Gasteiger partial charge on any atom is -0.376 e. The molecule has 0 aromatic heterocycles. The summed E-state index contributed by atoms with van der Waals surface area (Å²) in [5, 5.41) is 8.06. The van der Waals surface area contributed by atoms with Crippen molar-refractivity contribution >= 4 is 44.8 Å². The number of halogens is 2. The molecule has 3 N–H and O–H groups in total. The van der Waals surface area contributed by atoms with Gasteiger partial charge >= 0.3 is 0 Å². The lowest BCUT2D eigenvalue weighted by molar-refractivity contribution is -0.115. The molecule has 0 heterocycles. The molecule has 2 aromatic carbocycles. The number of anilines is 3. The predicted molar refractivity (Wildman–Crippen MR) is 96.7 cm³/mol. The van der Waals surface area contributed by atoms with E-state index in [1.54, 1.807) is 6.07 Å². The van der Waals surface area contributed by atoms with Gasteiger partial charge in [-0.2, -0.15) is 0 Å². The van der Waals surface area contributed by atoms with Gasteiger partial charge in [0.2, 0.25) is 11.8 Å². The number of carbonyl (C=O) groups is 2. The maximum Gasteiger partial charge on any atom is 0.243 e. The van der Waals surface area contributed by atoms with Crippen molar-refractivity contribution in [3.8, 4) is 0 Å². The molecule has 2 aromatic rings. The molecule has 0 radical (unpaired) electrons. The zero-order valence-corrected chi connectivity index (χ0v) is 14.8. The first kappa shape index (κ1) is 17.9. The van der Waals surface area contributed by atoms with Gasteiger partial charge in [0.15, 0.2) is 0 Å². The highest BCUT2D eigenvalue weighted by Gasteiger charge is 2.07. The average Bonchev–Trinajstić information content (AvgIpc) is 2.51. The molecular weight excluding hydrogens is 377 g/mol. The lowest BCUT2D eigenvalue weighted by Gasteiger charge is -2.11. The second-order valence-corrected chi connectivity index (χ2v) is 6.10. The van der Waals surface area contributed by atoms with Gasteiger partial charge in [0.05, 0.1) is 12.2 Å². The van der Waals surface area contributed by atoms with E-state index < -0.39 is 5.82 Å². The van der Waals surface area contributed by atoms with E-state index >= 15 is 0 Å². The Labute approximate surface area is 147 Å². The van der Waals surface area contributed by atoms with Crippen LogP contribution in [0.4, 0.5) is 21.5 Å². The summed E-state index contributed by atoms with van der Waals surface area (Å²) in [4.78, 5) is 23.0. The van der Waals surface area contributed by atoms with Gasteiger partial charge in [-0.1, -0.05) is 15.9 Å². The van der Waals surface area contributed by atoms with Crippen LogP contribution in [-0.4, -0.2) is 18.4 Å². The first-order valence-electron chi connectivity index (χ1n) is 7.22. The summed E-state index contributed by atoms with van der Waals surface area (Å²) in [6.07, 6.45) is 0. The highest BCUT2D eigenvalue weighted by Crippen LogP contribution is 2.21. The Morgan fingerprint density at radius 1 is 1.08 bits per heavy atom. The number of hydrogen-bond acceptors (Lipinski definition) is 3. The second kappa shape index (κ2) is 7.92. The maximum atomic E-state index is 13.6. The molecular formula is C17H17BrFN3O2. The molecule has 0 atom stereocenters. The molecule has 7 heteroatoms. The van der Waals surface area contributed by atoms with E-state index in [0.29, 0.717) is 11.4 Å². The van der Waals surface area contributed by atoms with Crippen molar-refractivity contribution in [2.45, 2.75) is 13.8 Å². The van der Waals surface area contributed by atoms with Gasteiger partial charge < -0.3 is 16.0 Å². The average molecular weight is 394 g/mol. The third-order valence-electron chi connectivity index (χ3n) is 3.17. The normalized spacial score (nSPS) is 10.2. The number of rotatable bonds is 5. The van der Waals surface area contributed by atoms with Gasteiger partial charge in [0.25, 0.3) is 0 Å². The Morgan fingerprint density at radius 3 is 2.46 bits per heavy atom. The molecule has 126 valence electrons. The lowest BCUT2D eigenvalue weighted by atomic mass is 10.2. The van der Waals surface area contributed by atoms with Gasteiger partial charge in [0.1, 0.15) is 5.82 Å². The molecule has 0 aliphatic rings. The third-order valence-corrected chi connectivity index (χ3v) is 4.06. The fraction of sp³-hybridized carbons (Fsp3) is 0.176. The summed E-state index contributed by atoms with van der Waals surface area (Å²) in [6.45, 7) is 3.24. The number of hydrogen-bond donors (Lipinski definition) is 3. The van der Waals surface area contributed by atoms with Crippen LogP contribution >= 0.6 is 15.9 Å². The molecule has 5 nitrogen and oxygen atoms in total. The molecule has 0 bridgehead atoms. The minimum atomic E-state index is -0.537. The first-order valence-corrected chi connectivity index (χ1v) is 8.01. The number of amides is 2. The van der Waals surface area contributed by atoms with Crippen LogP contribution < -0.4 is 16.0 Å². The number of carbonyl (C=O) groups excluding carboxylic acids is 2. The quantitative estimate of drug-likeness (QED) is 0.721. The highest BCUT2D eigenvalue weighted by molar-refractivity contribution is 9.10. The first-order chi connectivity index (χ1) is 11.3. The molecule has 0 aliphatic carbocycles. The van der Waals surface area contributed by atoms with Crippen LogP contribution in [0.5, 0.6) is 0 Å². The van der Waals surface area contributed by atoms with E-state index in [-0.39, 0.29) is 24.0 Å². The van der Waals surface area contributed by atoms with Gasteiger partial charge in [-0.05, 0) is 48.9 Å². The van der Waals surface area contributed by atoms with Gasteiger partial charge in [0, 0.05) is 22.8 Å². The lowest BCUT2D eigenvalue weighted by Crippen LogP contribution is -2.22. The van der Waals surface area contributed by atoms with E-state index in [2.05, 4.69) is 31.9 Å². The van der Waals surface area contributed by atoms with E-state index in [4.69, 9.17) is 0 Å². The standard InChI is InChI=1S/C17H17BrFN3O2/c1-10-7-13(3-5-14(10)18)22-17(24)9-20-12-4-6-15(19)16(8-12)21-11(2)23/h3-8,20H,9H2,1-2H3,(H,21,23)(H,22,24). The van der Waals surface area contributed by atoms with Crippen LogP contribution in [0.1, 0.15) is 12.5 Å². The predicted octanol–water partition coefficient (Wildman–Crippen LogP) is 3.91. The zero-order chi connectivity index (χ0) is 17.7. The number of nitrogens with one attached hydrogen (secondary N) is 3. The van der Waals surface area contributed by atoms with E-state index in [1.165, 1.54) is 25.1 Å². The number of benzene rings is 2. The van der Waals surface area contributed by atoms with Gasteiger partial charge in [-0.15, -0.1) is 0 Å². The number of aryl methyl sites for hydroxylation is 1. The fourth-order valence-corrected chi connectivity index (χ4v) is 2.28. The Bertz CT molecular complexity index is 780. The summed E-state index contributed by atoms with van der Waals surface area (Å²) in [5.74, 6) is -1.14. The van der Waals surface area contributed by atoms with Crippen LogP contribution in [0.2, 0.25) is 0 Å². The highest BCUT2D eigenvalue weighted by atomic mass is 79.9. The molecule has 0 unspecified atom stereocenters. The summed E-state index contributed by atoms with van der Waals surface area (Å²) in [5.41, 5.74) is 2.30. The van der Waals surface area contributed by atoms with Gasteiger partial charge in [-0.25, -0.2) is 4.39 Å². The smallest absolute Gasteiger partial charge is 0.243 e. The molecule has 0 aliphatic heterocycles. The molecule has 0 saturated heterocycles. The second-order valence-electron chi connectivity index (χ2n) is 5.24. The van der Waals surface area contributed by atoms with Gasteiger partial charge in [-0.3, -0.25) is 9.59 Å². The molecule has 2 amide bonds. The summed E-state index contributed by atoms with van der Waals surface area (Å²) < 4.78 is 14.5. The van der Waals surface area contributed by atoms with Crippen LogP contribution in [0.3, 0.4) is 0 Å². The Morgan fingerprint density at radius 2 is 1.79 bits per heavy atom. The molecule has 0 saturated carbocycles. The molecule has 24 heavy (non-hydrogen) atoms. The Kier molecular flexibility index (Phi) is 5.92. The van der Waals surface area contributed by atoms with E-state index in [9.17, 15) is 14.0 Å². The molecule has 2 rings (SSSR count). The summed E-state index contributed by atoms with van der Waals surface area (Å²) in [7, 11) is 0. The minimum absolute atomic E-state index is 0.0141. The van der Waals surface area contributed by atoms with E-state index in [1.807, 2.05) is 19.1 Å². The largest absolute Gasteiger partial charge is 0.376 e. The van der Waals surface area contributed by atoms with Crippen molar-refractivity contribution in [2.24, 2.45) is 0 Å². The molecule has 0 spiro atoms. The Balaban J connectivity index is 1.96. The van der Waals surface area contributed by atoms with Crippen molar-refractivity contribution < 1.29 is 14.0 Å². The maximum absolute atomic E-state index is 13.6. The van der Waals surface area contributed by atoms with Crippen LogP contribution in [-0.2, 0) is 9.59 Å². The van der Waals surface area contributed by atoms with Crippen LogP contribution in [0.25, 0.3) is 0 Å². The Hall–Kier alpha value is -2.41. The summed E-state index contributed by atoms with van der Waals surface area (Å²) in [6, 6.07) is 9.67. The van der Waals surface area contributed by atoms with Crippen molar-refractivity contribution in [3.05, 3.63) is 52.3 Å². The van der Waals surface area contributed by atoms with Crippen molar-refractivity contribution in [2.75, 3.05) is 22.5 Å². The zero-order valence-electron chi connectivity index (χ0n) is 13.2. The SMILES string of the molecule is CC(=O)Nc1cc(NCC(=O)Nc2ccc(Br)c(C)c2)ccc1F. The van der Waals surface area contributed by atoms with E-state index in [0.717, 1.165) is 10.0 Å². The fourth-order valence-electron chi connectivity index (χ4n) is 2.03. The van der Waals surface area contributed by atoms with Crippen molar-refractivity contribution in [3.63, 3.8) is 0 Å². The van der Waals surface area contributed by atoms with Crippen molar-refractivity contribution in [1.29, 1.82) is 0 Å².